The molecule has 134 valence electrons. The predicted molar refractivity (Wildman–Crippen MR) is 98.5 cm³/mol. The van der Waals surface area contributed by atoms with Crippen LogP contribution in [0.4, 0.5) is 5.69 Å². The lowest BCUT2D eigenvalue weighted by molar-refractivity contribution is 0.0599. The molecule has 2 N–H and O–H groups in total. The van der Waals surface area contributed by atoms with Gasteiger partial charge in [-0.1, -0.05) is 12.1 Å². The van der Waals surface area contributed by atoms with Gasteiger partial charge in [-0.05, 0) is 42.3 Å². The summed E-state index contributed by atoms with van der Waals surface area (Å²) in [5, 5.41) is 11.6. The fraction of sp³-hybridized carbons (Fsp3) is 0.250. The summed E-state index contributed by atoms with van der Waals surface area (Å²) in [6.07, 6.45) is 1.15. The van der Waals surface area contributed by atoms with Gasteiger partial charge >= 0.3 is 5.97 Å². The zero-order valence-corrected chi connectivity index (χ0v) is 14.7. The number of aryl methyl sites for hydroxylation is 1. The van der Waals surface area contributed by atoms with E-state index < -0.39 is 12.2 Å². The molecular weight excluding hydrogens is 332 g/mol. The second-order valence-electron chi connectivity index (χ2n) is 6.46. The zero-order chi connectivity index (χ0) is 18.3. The fourth-order valence-electron chi connectivity index (χ4n) is 3.33. The largest absolute Gasteiger partial charge is 0.487 e. The number of hydrogen-bond acceptors (Lipinski definition) is 5. The molecule has 0 spiro atoms. The topological polar surface area (TPSA) is 74.8 Å². The third kappa shape index (κ3) is 2.78. The minimum Gasteiger partial charge on any atom is -0.487 e. The molecule has 0 aliphatic carbocycles. The molecule has 4 rings (SSSR count). The van der Waals surface area contributed by atoms with E-state index in [9.17, 15) is 9.90 Å². The second kappa shape index (κ2) is 6.38. The average Bonchev–Trinajstić information content (AvgIpc) is 3.04. The Labute approximate surface area is 151 Å². The van der Waals surface area contributed by atoms with Crippen molar-refractivity contribution in [1.29, 1.82) is 0 Å². The lowest BCUT2D eigenvalue weighted by atomic mass is 10.1. The standard InChI is InChI=1S/C20H20N2O4/c1-12-3-5-15-14(9-21-16(15)7-12)10-22-17-8-13(20(24)25-2)4-6-18(17)26-11-19(22)23/h3-9,19,21,23H,10-11H2,1-2H3. The monoisotopic (exact) mass is 352 g/mol. The van der Waals surface area contributed by atoms with Crippen LogP contribution in [0.15, 0.2) is 42.6 Å². The van der Waals surface area contributed by atoms with Gasteiger partial charge in [-0.25, -0.2) is 4.79 Å². The van der Waals surface area contributed by atoms with Crippen LogP contribution in [0.5, 0.6) is 5.75 Å². The van der Waals surface area contributed by atoms with Gasteiger partial charge in [0, 0.05) is 23.6 Å². The number of aliphatic hydroxyl groups is 1. The number of nitrogens with one attached hydrogen (secondary N) is 1. The first-order chi connectivity index (χ1) is 12.6. The van der Waals surface area contributed by atoms with Gasteiger partial charge in [0.05, 0.1) is 18.4 Å². The number of nitrogens with zero attached hydrogens (tertiary/aromatic N) is 1. The summed E-state index contributed by atoms with van der Waals surface area (Å²) in [4.78, 5) is 17.0. The summed E-state index contributed by atoms with van der Waals surface area (Å²) in [5.41, 5.74) is 4.41. The Morgan fingerprint density at radius 2 is 2.19 bits per heavy atom. The van der Waals surface area contributed by atoms with Crippen LogP contribution in [0.3, 0.4) is 0 Å². The molecule has 2 aromatic carbocycles. The van der Waals surface area contributed by atoms with Crippen molar-refractivity contribution in [3.8, 4) is 5.75 Å². The molecule has 1 unspecified atom stereocenters. The maximum Gasteiger partial charge on any atom is 0.337 e. The van der Waals surface area contributed by atoms with Crippen LogP contribution >= 0.6 is 0 Å². The van der Waals surface area contributed by atoms with E-state index in [0.717, 1.165) is 16.5 Å². The number of anilines is 1. The molecule has 0 amide bonds. The van der Waals surface area contributed by atoms with Gasteiger partial charge in [-0.2, -0.15) is 0 Å². The van der Waals surface area contributed by atoms with Crippen molar-refractivity contribution in [3.05, 3.63) is 59.3 Å². The van der Waals surface area contributed by atoms with E-state index in [0.29, 0.717) is 23.5 Å². The van der Waals surface area contributed by atoms with Gasteiger partial charge < -0.3 is 24.5 Å². The highest BCUT2D eigenvalue weighted by molar-refractivity contribution is 5.91. The number of aromatic nitrogens is 1. The Bertz CT molecular complexity index is 979. The molecule has 3 aromatic rings. The Morgan fingerprint density at radius 1 is 1.35 bits per heavy atom. The van der Waals surface area contributed by atoms with E-state index in [-0.39, 0.29) is 6.61 Å². The molecule has 1 aliphatic rings. The van der Waals surface area contributed by atoms with E-state index in [1.165, 1.54) is 12.7 Å². The first kappa shape index (κ1) is 16.5. The van der Waals surface area contributed by atoms with E-state index in [4.69, 9.17) is 9.47 Å². The van der Waals surface area contributed by atoms with E-state index in [2.05, 4.69) is 30.1 Å². The van der Waals surface area contributed by atoms with E-state index >= 15 is 0 Å². The number of aromatic amines is 1. The highest BCUT2D eigenvalue weighted by Crippen LogP contribution is 2.36. The van der Waals surface area contributed by atoms with Crippen LogP contribution in [-0.4, -0.2) is 36.0 Å². The van der Waals surface area contributed by atoms with Gasteiger partial charge in [-0.3, -0.25) is 0 Å². The maximum atomic E-state index is 11.9. The summed E-state index contributed by atoms with van der Waals surface area (Å²) in [5.74, 6) is 0.217. The number of rotatable bonds is 3. The van der Waals surface area contributed by atoms with Crippen LogP contribution in [0, 0.1) is 6.92 Å². The number of ether oxygens (including phenoxy) is 2. The molecule has 0 radical (unpaired) electrons. The molecule has 0 fully saturated rings. The number of H-pyrrole nitrogens is 1. The van der Waals surface area contributed by atoms with E-state index in [1.54, 1.807) is 18.2 Å². The number of carbonyl (C=O) groups is 1. The first-order valence-corrected chi connectivity index (χ1v) is 8.43. The van der Waals surface area contributed by atoms with Crippen molar-refractivity contribution in [2.75, 3.05) is 18.6 Å². The van der Waals surface area contributed by atoms with Crippen molar-refractivity contribution in [1.82, 2.24) is 4.98 Å². The van der Waals surface area contributed by atoms with Gasteiger partial charge in [0.15, 0.2) is 6.23 Å². The van der Waals surface area contributed by atoms with Gasteiger partial charge in [0.1, 0.15) is 12.4 Å². The number of hydrogen-bond donors (Lipinski definition) is 2. The lowest BCUT2D eigenvalue weighted by Crippen LogP contribution is -2.42. The van der Waals surface area contributed by atoms with Gasteiger partial charge in [0.2, 0.25) is 0 Å². The summed E-state index contributed by atoms with van der Waals surface area (Å²) < 4.78 is 10.4. The second-order valence-corrected chi connectivity index (χ2v) is 6.46. The summed E-state index contributed by atoms with van der Waals surface area (Å²) in [6.45, 7) is 2.72. The SMILES string of the molecule is COC(=O)c1ccc2c(c1)N(Cc1c[nH]c3cc(C)ccc13)C(O)CO2. The number of methoxy groups -OCH3 is 1. The smallest absolute Gasteiger partial charge is 0.337 e. The Balaban J connectivity index is 1.73. The molecule has 0 saturated carbocycles. The number of benzene rings is 2. The number of fused-ring (bicyclic) bond motifs is 2. The van der Waals surface area contributed by atoms with Crippen molar-refractivity contribution in [3.63, 3.8) is 0 Å². The molecule has 1 atom stereocenters. The van der Waals surface area contributed by atoms with Crippen molar-refractivity contribution in [2.45, 2.75) is 19.7 Å². The minimum atomic E-state index is -0.800. The summed E-state index contributed by atoms with van der Waals surface area (Å²) in [6, 6.07) is 11.3. The number of esters is 1. The predicted octanol–water partition coefficient (Wildman–Crippen LogP) is 2.98. The Hall–Kier alpha value is -2.99. The van der Waals surface area contributed by atoms with Crippen LogP contribution in [0.25, 0.3) is 10.9 Å². The molecule has 26 heavy (non-hydrogen) atoms. The zero-order valence-electron chi connectivity index (χ0n) is 14.7. The fourth-order valence-corrected chi connectivity index (χ4v) is 3.33. The van der Waals surface area contributed by atoms with Crippen LogP contribution in [0.1, 0.15) is 21.5 Å². The first-order valence-electron chi connectivity index (χ1n) is 8.43. The van der Waals surface area contributed by atoms with Crippen molar-refractivity contribution in [2.24, 2.45) is 0 Å². The van der Waals surface area contributed by atoms with Crippen LogP contribution in [-0.2, 0) is 11.3 Å². The van der Waals surface area contributed by atoms with Gasteiger partial charge in [0.25, 0.3) is 0 Å². The van der Waals surface area contributed by atoms with Crippen molar-refractivity contribution >= 4 is 22.6 Å². The maximum absolute atomic E-state index is 11.9. The number of aliphatic hydroxyl groups excluding tert-OH is 1. The quantitative estimate of drug-likeness (QED) is 0.709. The lowest BCUT2D eigenvalue weighted by Gasteiger charge is -2.35. The minimum absolute atomic E-state index is 0.173. The van der Waals surface area contributed by atoms with Crippen molar-refractivity contribution < 1.29 is 19.4 Å². The number of carbonyl (C=O) groups excluding carboxylic acids is 1. The molecule has 2 heterocycles. The highest BCUT2D eigenvalue weighted by Gasteiger charge is 2.27. The van der Waals surface area contributed by atoms with Crippen LogP contribution < -0.4 is 9.64 Å². The highest BCUT2D eigenvalue weighted by atomic mass is 16.5. The molecule has 0 saturated heterocycles. The summed E-state index contributed by atoms with van der Waals surface area (Å²) in [7, 11) is 1.35. The molecular formula is C20H20N2O4. The Kier molecular flexibility index (Phi) is 4.05. The van der Waals surface area contributed by atoms with E-state index in [1.807, 2.05) is 11.1 Å². The Morgan fingerprint density at radius 3 is 3.00 bits per heavy atom. The molecule has 0 bridgehead atoms. The third-order valence-corrected chi connectivity index (χ3v) is 4.70. The molecule has 1 aromatic heterocycles. The van der Waals surface area contributed by atoms with Crippen LogP contribution in [0.2, 0.25) is 0 Å². The third-order valence-electron chi connectivity index (χ3n) is 4.70. The summed E-state index contributed by atoms with van der Waals surface area (Å²) >= 11 is 0. The average molecular weight is 352 g/mol. The normalized spacial score (nSPS) is 16.3. The molecule has 6 heteroatoms. The molecule has 1 aliphatic heterocycles. The molecule has 6 nitrogen and oxygen atoms in total. The van der Waals surface area contributed by atoms with Gasteiger partial charge in [-0.15, -0.1) is 0 Å².